The first kappa shape index (κ1) is 16.4. The number of rotatable bonds is 8. The monoisotopic (exact) mass is 301 g/mol. The van der Waals surface area contributed by atoms with Crippen LogP contribution in [0.25, 0.3) is 0 Å². The van der Waals surface area contributed by atoms with Crippen molar-refractivity contribution in [1.29, 1.82) is 0 Å². The van der Waals surface area contributed by atoms with Crippen LogP contribution < -0.4 is 15.0 Å². The first-order valence-electron chi connectivity index (χ1n) is 6.59. The molecule has 1 aromatic heterocycles. The first-order valence-corrected chi connectivity index (χ1v) is 6.96. The summed E-state index contributed by atoms with van der Waals surface area (Å²) in [6, 6.07) is 0.169. The lowest BCUT2D eigenvalue weighted by atomic mass is 10.4. The third kappa shape index (κ3) is 5.56. The lowest BCUT2D eigenvalue weighted by Crippen LogP contribution is -2.36. The molecule has 0 atom stereocenters. The van der Waals surface area contributed by atoms with Crippen molar-refractivity contribution >= 4 is 23.5 Å². The van der Waals surface area contributed by atoms with Gasteiger partial charge in [0.1, 0.15) is 0 Å². The Bertz CT molecular complexity index is 444. The molecule has 0 unspecified atom stereocenters. The Labute approximate surface area is 123 Å². The standard InChI is InChI=1S/C12H20ClN5O2/c1-4-6-14-9(19)8-18(3)11-15-10(13)16-12(17-11)20-7-5-2/h4-8H2,1-3H3,(H,14,19). The van der Waals surface area contributed by atoms with Crippen molar-refractivity contribution in [3.05, 3.63) is 5.28 Å². The highest BCUT2D eigenvalue weighted by atomic mass is 35.5. The van der Waals surface area contributed by atoms with Crippen LogP contribution in [0.5, 0.6) is 6.01 Å². The third-order valence-corrected chi connectivity index (χ3v) is 2.47. The summed E-state index contributed by atoms with van der Waals surface area (Å²) in [6.07, 6.45) is 1.73. The highest BCUT2D eigenvalue weighted by molar-refractivity contribution is 6.28. The number of hydrogen-bond acceptors (Lipinski definition) is 6. The zero-order chi connectivity index (χ0) is 15.0. The normalized spacial score (nSPS) is 10.2. The maximum Gasteiger partial charge on any atom is 0.322 e. The Morgan fingerprint density at radius 3 is 2.70 bits per heavy atom. The van der Waals surface area contributed by atoms with Gasteiger partial charge in [-0.1, -0.05) is 13.8 Å². The minimum atomic E-state index is -0.0955. The van der Waals surface area contributed by atoms with E-state index < -0.39 is 0 Å². The van der Waals surface area contributed by atoms with Gasteiger partial charge in [-0.15, -0.1) is 0 Å². The van der Waals surface area contributed by atoms with Crippen LogP contribution in [0.15, 0.2) is 0 Å². The fourth-order valence-corrected chi connectivity index (χ4v) is 1.50. The molecule has 0 saturated heterocycles. The number of halogens is 1. The van der Waals surface area contributed by atoms with Gasteiger partial charge >= 0.3 is 6.01 Å². The lowest BCUT2D eigenvalue weighted by Gasteiger charge is -2.16. The van der Waals surface area contributed by atoms with Crippen LogP contribution in [0.1, 0.15) is 26.7 Å². The topological polar surface area (TPSA) is 80.2 Å². The van der Waals surface area contributed by atoms with Gasteiger partial charge in [-0.3, -0.25) is 4.79 Å². The van der Waals surface area contributed by atoms with Crippen LogP contribution in [-0.2, 0) is 4.79 Å². The minimum absolute atomic E-state index is 0.0434. The first-order chi connectivity index (χ1) is 9.56. The number of carbonyl (C=O) groups excluding carboxylic acids is 1. The molecule has 0 aliphatic heterocycles. The van der Waals surface area contributed by atoms with E-state index in [1.807, 2.05) is 13.8 Å². The summed E-state index contributed by atoms with van der Waals surface area (Å²) in [5.41, 5.74) is 0. The maximum absolute atomic E-state index is 11.6. The lowest BCUT2D eigenvalue weighted by molar-refractivity contribution is -0.119. The van der Waals surface area contributed by atoms with Crippen molar-refractivity contribution in [2.75, 3.05) is 31.6 Å². The van der Waals surface area contributed by atoms with Gasteiger partial charge in [0.25, 0.3) is 0 Å². The van der Waals surface area contributed by atoms with E-state index in [2.05, 4.69) is 20.3 Å². The largest absolute Gasteiger partial charge is 0.463 e. The van der Waals surface area contributed by atoms with E-state index in [0.29, 0.717) is 19.1 Å². The molecule has 0 saturated carbocycles. The zero-order valence-corrected chi connectivity index (χ0v) is 12.8. The molecular weight excluding hydrogens is 282 g/mol. The Morgan fingerprint density at radius 1 is 1.30 bits per heavy atom. The molecule has 0 aromatic carbocycles. The second-order valence-electron chi connectivity index (χ2n) is 4.24. The fraction of sp³-hybridized carbons (Fsp3) is 0.667. The number of nitrogens with one attached hydrogen (secondary N) is 1. The molecule has 1 rings (SSSR count). The molecule has 0 bridgehead atoms. The van der Waals surface area contributed by atoms with Gasteiger partial charge in [0.15, 0.2) is 0 Å². The summed E-state index contributed by atoms with van der Waals surface area (Å²) in [5.74, 6) is 0.213. The highest BCUT2D eigenvalue weighted by Gasteiger charge is 2.13. The summed E-state index contributed by atoms with van der Waals surface area (Å²) in [6.45, 7) is 5.27. The second kappa shape index (κ2) is 8.52. The number of likely N-dealkylation sites (N-methyl/N-ethyl adjacent to an activating group) is 1. The highest BCUT2D eigenvalue weighted by Crippen LogP contribution is 2.14. The molecule has 1 N–H and O–H groups in total. The van der Waals surface area contributed by atoms with Crippen molar-refractivity contribution in [2.45, 2.75) is 26.7 Å². The van der Waals surface area contributed by atoms with Gasteiger partial charge in [-0.2, -0.15) is 15.0 Å². The summed E-state index contributed by atoms with van der Waals surface area (Å²) in [4.78, 5) is 25.2. The molecular formula is C12H20ClN5O2. The number of aromatic nitrogens is 3. The van der Waals surface area contributed by atoms with Gasteiger partial charge in [0.05, 0.1) is 13.2 Å². The molecule has 1 amide bonds. The van der Waals surface area contributed by atoms with E-state index in [-0.39, 0.29) is 23.7 Å². The third-order valence-electron chi connectivity index (χ3n) is 2.31. The number of nitrogens with zero attached hydrogens (tertiary/aromatic N) is 4. The predicted molar refractivity (Wildman–Crippen MR) is 77.2 cm³/mol. The van der Waals surface area contributed by atoms with Gasteiger partial charge in [-0.25, -0.2) is 0 Å². The molecule has 20 heavy (non-hydrogen) atoms. The molecule has 8 heteroatoms. The Balaban J connectivity index is 2.68. The molecule has 0 radical (unpaired) electrons. The second-order valence-corrected chi connectivity index (χ2v) is 4.58. The SMILES string of the molecule is CCCNC(=O)CN(C)c1nc(Cl)nc(OCCC)n1. The van der Waals surface area contributed by atoms with E-state index in [0.717, 1.165) is 12.8 Å². The zero-order valence-electron chi connectivity index (χ0n) is 12.0. The van der Waals surface area contributed by atoms with E-state index >= 15 is 0 Å². The molecule has 7 nitrogen and oxygen atoms in total. The Hall–Kier alpha value is -1.63. The van der Waals surface area contributed by atoms with Crippen molar-refractivity contribution in [3.63, 3.8) is 0 Å². The van der Waals surface area contributed by atoms with Crippen LogP contribution in [0.4, 0.5) is 5.95 Å². The summed E-state index contributed by atoms with van der Waals surface area (Å²) >= 11 is 5.82. The molecule has 0 fully saturated rings. The molecule has 112 valence electrons. The average molecular weight is 302 g/mol. The van der Waals surface area contributed by atoms with E-state index in [1.54, 1.807) is 11.9 Å². The number of hydrogen-bond donors (Lipinski definition) is 1. The predicted octanol–water partition coefficient (Wildman–Crippen LogP) is 1.28. The quantitative estimate of drug-likeness (QED) is 0.779. The van der Waals surface area contributed by atoms with Gasteiger partial charge < -0.3 is 15.0 Å². The van der Waals surface area contributed by atoms with Crippen LogP contribution in [0, 0.1) is 0 Å². The molecule has 1 aromatic rings. The Morgan fingerprint density at radius 2 is 2.05 bits per heavy atom. The Kier molecular flexibility index (Phi) is 7.00. The number of carbonyl (C=O) groups is 1. The van der Waals surface area contributed by atoms with Crippen LogP contribution in [-0.4, -0.2) is 47.6 Å². The van der Waals surface area contributed by atoms with Gasteiger partial charge in [0, 0.05) is 13.6 Å². The maximum atomic E-state index is 11.6. The van der Waals surface area contributed by atoms with Crippen molar-refractivity contribution in [3.8, 4) is 6.01 Å². The van der Waals surface area contributed by atoms with Gasteiger partial charge in [-0.05, 0) is 24.4 Å². The number of amides is 1. The number of anilines is 1. The van der Waals surface area contributed by atoms with E-state index in [4.69, 9.17) is 16.3 Å². The fourth-order valence-electron chi connectivity index (χ4n) is 1.36. The van der Waals surface area contributed by atoms with E-state index in [9.17, 15) is 4.79 Å². The average Bonchev–Trinajstić information content (AvgIpc) is 2.42. The van der Waals surface area contributed by atoms with Gasteiger partial charge in [0.2, 0.25) is 17.1 Å². The summed E-state index contributed by atoms with van der Waals surface area (Å²) in [7, 11) is 1.71. The number of ether oxygens (including phenoxy) is 1. The van der Waals surface area contributed by atoms with Crippen molar-refractivity contribution < 1.29 is 9.53 Å². The van der Waals surface area contributed by atoms with Crippen LogP contribution >= 0.6 is 11.6 Å². The molecule has 0 aliphatic carbocycles. The molecule has 1 heterocycles. The van der Waals surface area contributed by atoms with Crippen LogP contribution in [0.3, 0.4) is 0 Å². The van der Waals surface area contributed by atoms with Crippen molar-refractivity contribution in [2.24, 2.45) is 0 Å². The smallest absolute Gasteiger partial charge is 0.322 e. The van der Waals surface area contributed by atoms with Crippen molar-refractivity contribution in [1.82, 2.24) is 20.3 Å². The molecule has 0 aliphatic rings. The van der Waals surface area contributed by atoms with Crippen LogP contribution in [0.2, 0.25) is 5.28 Å². The molecule has 0 spiro atoms. The summed E-state index contributed by atoms with van der Waals surface area (Å²) in [5, 5.41) is 2.82. The van der Waals surface area contributed by atoms with E-state index in [1.165, 1.54) is 0 Å². The minimum Gasteiger partial charge on any atom is -0.463 e. The summed E-state index contributed by atoms with van der Waals surface area (Å²) < 4.78 is 5.32.